The van der Waals surface area contributed by atoms with E-state index in [-0.39, 0.29) is 5.88 Å². The zero-order valence-corrected chi connectivity index (χ0v) is 9.11. The molecule has 0 atom stereocenters. The van der Waals surface area contributed by atoms with Crippen molar-refractivity contribution in [1.29, 1.82) is 0 Å². The van der Waals surface area contributed by atoms with Crippen molar-refractivity contribution < 1.29 is 17.9 Å². The van der Waals surface area contributed by atoms with Crippen molar-refractivity contribution in [2.24, 2.45) is 0 Å². The van der Waals surface area contributed by atoms with Crippen molar-refractivity contribution >= 4 is 5.69 Å². The lowest BCUT2D eigenvalue weighted by atomic mass is 10.3. The van der Waals surface area contributed by atoms with Crippen LogP contribution >= 0.6 is 0 Å². The van der Waals surface area contributed by atoms with Gasteiger partial charge in [0.15, 0.2) is 5.75 Å². The van der Waals surface area contributed by atoms with E-state index in [1.807, 2.05) is 0 Å². The van der Waals surface area contributed by atoms with Crippen LogP contribution in [0.2, 0.25) is 0 Å². The maximum atomic E-state index is 12.3. The Labute approximate surface area is 101 Å². The molecule has 0 fully saturated rings. The highest BCUT2D eigenvalue weighted by Crippen LogP contribution is 2.30. The monoisotopic (exact) mass is 254 g/mol. The fourth-order valence-electron chi connectivity index (χ4n) is 1.29. The number of ether oxygens (including phenoxy) is 1. The van der Waals surface area contributed by atoms with Crippen molar-refractivity contribution in [2.75, 3.05) is 5.73 Å². The summed E-state index contributed by atoms with van der Waals surface area (Å²) < 4.78 is 42.2. The molecule has 0 spiro atoms. The zero-order valence-electron chi connectivity index (χ0n) is 9.11. The SMILES string of the molecule is Nc1ccccc1Oc1ccc(C(F)(F)F)cn1. The first-order valence-electron chi connectivity index (χ1n) is 5.02. The standard InChI is InChI=1S/C12H9F3N2O/c13-12(14,15)8-5-6-11(17-7-8)18-10-4-2-1-3-9(10)16/h1-7H,16H2. The molecule has 0 radical (unpaired) electrons. The number of nitrogens with two attached hydrogens (primary N) is 1. The van der Waals surface area contributed by atoms with E-state index >= 15 is 0 Å². The number of pyridine rings is 1. The fourth-order valence-corrected chi connectivity index (χ4v) is 1.29. The second-order valence-corrected chi connectivity index (χ2v) is 3.52. The van der Waals surface area contributed by atoms with E-state index in [4.69, 9.17) is 10.5 Å². The van der Waals surface area contributed by atoms with Gasteiger partial charge in [-0.3, -0.25) is 0 Å². The number of aromatic nitrogens is 1. The summed E-state index contributed by atoms with van der Waals surface area (Å²) >= 11 is 0. The van der Waals surface area contributed by atoms with Crippen LogP contribution in [-0.2, 0) is 6.18 Å². The highest BCUT2D eigenvalue weighted by atomic mass is 19.4. The number of nitrogens with zero attached hydrogens (tertiary/aromatic N) is 1. The second kappa shape index (κ2) is 4.56. The Balaban J connectivity index is 2.19. The summed E-state index contributed by atoms with van der Waals surface area (Å²) in [5.74, 6) is 0.408. The quantitative estimate of drug-likeness (QED) is 0.834. The summed E-state index contributed by atoms with van der Waals surface area (Å²) in [6, 6.07) is 8.71. The Morgan fingerprint density at radius 2 is 1.78 bits per heavy atom. The van der Waals surface area contributed by atoms with Crippen molar-refractivity contribution in [2.45, 2.75) is 6.18 Å². The van der Waals surface area contributed by atoms with Crippen molar-refractivity contribution in [1.82, 2.24) is 4.98 Å². The molecule has 6 heteroatoms. The van der Waals surface area contributed by atoms with Gasteiger partial charge >= 0.3 is 6.18 Å². The van der Waals surface area contributed by atoms with Crippen LogP contribution < -0.4 is 10.5 Å². The Morgan fingerprint density at radius 1 is 1.06 bits per heavy atom. The maximum absolute atomic E-state index is 12.3. The first-order valence-corrected chi connectivity index (χ1v) is 5.02. The fraction of sp³-hybridized carbons (Fsp3) is 0.0833. The average molecular weight is 254 g/mol. The predicted molar refractivity (Wildman–Crippen MR) is 60.2 cm³/mol. The summed E-state index contributed by atoms with van der Waals surface area (Å²) in [4.78, 5) is 3.58. The number of halogens is 3. The third kappa shape index (κ3) is 2.71. The van der Waals surface area contributed by atoms with Crippen LogP contribution in [-0.4, -0.2) is 4.98 Å². The van der Waals surface area contributed by atoms with Crippen LogP contribution in [0.15, 0.2) is 42.6 Å². The molecule has 2 aromatic rings. The lowest BCUT2D eigenvalue weighted by molar-refractivity contribution is -0.137. The van der Waals surface area contributed by atoms with Gasteiger partial charge in [-0.15, -0.1) is 0 Å². The highest BCUT2D eigenvalue weighted by molar-refractivity contribution is 5.53. The molecule has 0 unspecified atom stereocenters. The lowest BCUT2D eigenvalue weighted by Gasteiger charge is -2.09. The van der Waals surface area contributed by atoms with Gasteiger partial charge in [-0.05, 0) is 18.2 Å². The molecule has 18 heavy (non-hydrogen) atoms. The van der Waals surface area contributed by atoms with Gasteiger partial charge < -0.3 is 10.5 Å². The van der Waals surface area contributed by atoms with Gasteiger partial charge in [0.25, 0.3) is 0 Å². The largest absolute Gasteiger partial charge is 0.437 e. The topological polar surface area (TPSA) is 48.1 Å². The first kappa shape index (κ1) is 12.2. The second-order valence-electron chi connectivity index (χ2n) is 3.52. The molecule has 0 saturated carbocycles. The molecule has 1 heterocycles. The van der Waals surface area contributed by atoms with Crippen LogP contribution in [0.3, 0.4) is 0 Å². The summed E-state index contributed by atoms with van der Waals surface area (Å²) in [5, 5.41) is 0. The number of anilines is 1. The molecular formula is C12H9F3N2O. The number of nitrogen functional groups attached to an aromatic ring is 1. The van der Waals surface area contributed by atoms with E-state index in [9.17, 15) is 13.2 Å². The first-order chi connectivity index (χ1) is 8.47. The minimum absolute atomic E-state index is 0.0564. The summed E-state index contributed by atoms with van der Waals surface area (Å²) in [5.41, 5.74) is 5.20. The highest BCUT2D eigenvalue weighted by Gasteiger charge is 2.30. The minimum Gasteiger partial charge on any atom is -0.437 e. The van der Waals surface area contributed by atoms with Gasteiger partial charge in [0.2, 0.25) is 5.88 Å². The third-order valence-corrected chi connectivity index (χ3v) is 2.20. The molecule has 0 aliphatic carbocycles. The van der Waals surface area contributed by atoms with E-state index in [1.54, 1.807) is 24.3 Å². The number of alkyl halides is 3. The molecule has 94 valence electrons. The molecule has 0 saturated heterocycles. The van der Waals surface area contributed by atoms with Gasteiger partial charge in [-0.25, -0.2) is 4.98 Å². The number of para-hydroxylation sites is 2. The van der Waals surface area contributed by atoms with Crippen LogP contribution in [0.25, 0.3) is 0 Å². The van der Waals surface area contributed by atoms with Gasteiger partial charge in [0.05, 0.1) is 11.3 Å². The molecule has 0 amide bonds. The Hall–Kier alpha value is -2.24. The summed E-state index contributed by atoms with van der Waals surface area (Å²) in [6.45, 7) is 0. The summed E-state index contributed by atoms with van der Waals surface area (Å²) in [7, 11) is 0. The number of benzene rings is 1. The van der Waals surface area contributed by atoms with Crippen molar-refractivity contribution in [3.05, 3.63) is 48.2 Å². The number of hydrogen-bond acceptors (Lipinski definition) is 3. The van der Waals surface area contributed by atoms with Crippen molar-refractivity contribution in [3.8, 4) is 11.6 Å². The van der Waals surface area contributed by atoms with Crippen molar-refractivity contribution in [3.63, 3.8) is 0 Å². The van der Waals surface area contributed by atoms with E-state index < -0.39 is 11.7 Å². The van der Waals surface area contributed by atoms with Crippen LogP contribution in [0.5, 0.6) is 11.6 Å². The minimum atomic E-state index is -4.41. The average Bonchev–Trinajstić information content (AvgIpc) is 2.32. The molecule has 3 nitrogen and oxygen atoms in total. The maximum Gasteiger partial charge on any atom is 0.417 e. The Morgan fingerprint density at radius 3 is 2.33 bits per heavy atom. The predicted octanol–water partition coefficient (Wildman–Crippen LogP) is 3.47. The van der Waals surface area contributed by atoms with E-state index in [2.05, 4.69) is 4.98 Å². The summed E-state index contributed by atoms with van der Waals surface area (Å²) in [6.07, 6.45) is -3.69. The van der Waals surface area contributed by atoms with Crippen LogP contribution in [0.4, 0.5) is 18.9 Å². The zero-order chi connectivity index (χ0) is 13.2. The van der Waals surface area contributed by atoms with E-state index in [0.29, 0.717) is 17.6 Å². The molecule has 0 aliphatic rings. The molecule has 1 aromatic carbocycles. The number of hydrogen-bond donors (Lipinski definition) is 1. The normalized spacial score (nSPS) is 11.3. The molecule has 2 rings (SSSR count). The molecule has 1 aromatic heterocycles. The Kier molecular flexibility index (Phi) is 3.10. The molecule has 0 aliphatic heterocycles. The molecular weight excluding hydrogens is 245 g/mol. The molecule has 2 N–H and O–H groups in total. The number of rotatable bonds is 2. The Bertz CT molecular complexity index is 538. The molecule has 0 bridgehead atoms. The van der Waals surface area contributed by atoms with E-state index in [0.717, 1.165) is 12.1 Å². The van der Waals surface area contributed by atoms with E-state index in [1.165, 1.54) is 0 Å². The van der Waals surface area contributed by atoms with Gasteiger partial charge in [0.1, 0.15) is 0 Å². The van der Waals surface area contributed by atoms with Gasteiger partial charge in [-0.2, -0.15) is 13.2 Å². The smallest absolute Gasteiger partial charge is 0.417 e. The third-order valence-electron chi connectivity index (χ3n) is 2.20. The van der Waals surface area contributed by atoms with Gasteiger partial charge in [-0.1, -0.05) is 12.1 Å². The lowest BCUT2D eigenvalue weighted by Crippen LogP contribution is -2.05. The van der Waals surface area contributed by atoms with Crippen LogP contribution in [0, 0.1) is 0 Å². The van der Waals surface area contributed by atoms with Gasteiger partial charge in [0, 0.05) is 12.3 Å². The van der Waals surface area contributed by atoms with Crippen LogP contribution in [0.1, 0.15) is 5.56 Å².